The highest BCUT2D eigenvalue weighted by molar-refractivity contribution is 7.71. The highest BCUT2D eigenvalue weighted by Gasteiger charge is 2.39. The van der Waals surface area contributed by atoms with Gasteiger partial charge in [-0.05, 0) is 57.7 Å². The molecule has 0 radical (unpaired) electrons. The third-order valence-corrected chi connectivity index (χ3v) is 4.99. The van der Waals surface area contributed by atoms with Gasteiger partial charge in [-0.2, -0.15) is 0 Å². The van der Waals surface area contributed by atoms with Crippen molar-refractivity contribution in [2.45, 2.75) is 31.3 Å². The number of methoxy groups -OCH3 is 1. The van der Waals surface area contributed by atoms with Gasteiger partial charge in [-0.3, -0.25) is 0 Å². The molecule has 5 heteroatoms. The Morgan fingerprint density at radius 2 is 2.15 bits per heavy atom. The van der Waals surface area contributed by atoms with Crippen LogP contribution in [0, 0.1) is 4.77 Å². The normalized spacial score (nSPS) is 17.4. The van der Waals surface area contributed by atoms with Gasteiger partial charge >= 0.3 is 0 Å². The Labute approximate surface area is 124 Å². The van der Waals surface area contributed by atoms with Gasteiger partial charge in [-0.25, -0.2) is 0 Å². The first-order valence-electron chi connectivity index (χ1n) is 7.00. The Balaban J connectivity index is 2.06. The Kier molecular flexibility index (Phi) is 3.34. The van der Waals surface area contributed by atoms with Crippen molar-refractivity contribution < 1.29 is 4.74 Å². The Bertz CT molecular complexity index is 682. The lowest BCUT2D eigenvalue weighted by molar-refractivity contribution is 0.0431. The summed E-state index contributed by atoms with van der Waals surface area (Å²) in [5.74, 6) is 0.868. The third-order valence-electron chi connectivity index (χ3n) is 4.67. The van der Waals surface area contributed by atoms with E-state index in [0.717, 1.165) is 28.1 Å². The molecule has 0 atom stereocenters. The largest absolute Gasteiger partial charge is 0.497 e. The number of ether oxygens (including phenoxy) is 1. The van der Waals surface area contributed by atoms with Crippen LogP contribution in [0.3, 0.4) is 0 Å². The molecule has 1 aromatic heterocycles. The minimum atomic E-state index is 0.246. The van der Waals surface area contributed by atoms with Crippen molar-refractivity contribution in [2.75, 3.05) is 21.2 Å². The van der Waals surface area contributed by atoms with Gasteiger partial charge in [0.25, 0.3) is 0 Å². The van der Waals surface area contributed by atoms with Crippen molar-refractivity contribution in [3.8, 4) is 5.75 Å². The van der Waals surface area contributed by atoms with Crippen molar-refractivity contribution >= 4 is 23.3 Å². The van der Waals surface area contributed by atoms with Crippen LogP contribution in [0.5, 0.6) is 5.75 Å². The number of imidazole rings is 1. The van der Waals surface area contributed by atoms with Crippen LogP contribution in [0.25, 0.3) is 11.0 Å². The average Bonchev–Trinajstić information content (AvgIpc) is 2.68. The number of benzene rings is 1. The molecule has 2 aromatic rings. The number of aromatic nitrogens is 2. The molecule has 0 amide bonds. The minimum Gasteiger partial charge on any atom is -0.497 e. The molecule has 1 heterocycles. The molecule has 0 unspecified atom stereocenters. The van der Waals surface area contributed by atoms with E-state index in [0.29, 0.717) is 0 Å². The summed E-state index contributed by atoms with van der Waals surface area (Å²) in [5, 5.41) is 0. The summed E-state index contributed by atoms with van der Waals surface area (Å²) < 4.78 is 8.34. The molecule has 20 heavy (non-hydrogen) atoms. The summed E-state index contributed by atoms with van der Waals surface area (Å²) in [6.45, 7) is 0.937. The number of hydrogen-bond donors (Lipinski definition) is 1. The molecule has 1 fully saturated rings. The van der Waals surface area contributed by atoms with E-state index in [1.165, 1.54) is 19.3 Å². The topological polar surface area (TPSA) is 33.2 Å². The van der Waals surface area contributed by atoms with Crippen LogP contribution in [0.4, 0.5) is 0 Å². The lowest BCUT2D eigenvalue weighted by atomic mass is 9.75. The van der Waals surface area contributed by atoms with E-state index in [4.69, 9.17) is 17.0 Å². The smallest absolute Gasteiger partial charge is 0.178 e. The molecule has 1 aromatic carbocycles. The van der Waals surface area contributed by atoms with E-state index < -0.39 is 0 Å². The predicted octanol–water partition coefficient (Wildman–Crippen LogP) is 3.19. The van der Waals surface area contributed by atoms with E-state index in [2.05, 4.69) is 34.6 Å². The predicted molar refractivity (Wildman–Crippen MR) is 83.9 cm³/mol. The quantitative estimate of drug-likeness (QED) is 0.878. The van der Waals surface area contributed by atoms with Crippen LogP contribution in [0.15, 0.2) is 18.2 Å². The second-order valence-corrected chi connectivity index (χ2v) is 6.26. The van der Waals surface area contributed by atoms with Crippen molar-refractivity contribution in [1.29, 1.82) is 0 Å². The first-order valence-corrected chi connectivity index (χ1v) is 7.40. The fourth-order valence-electron chi connectivity index (χ4n) is 3.04. The van der Waals surface area contributed by atoms with Gasteiger partial charge in [0, 0.05) is 18.2 Å². The van der Waals surface area contributed by atoms with E-state index in [9.17, 15) is 0 Å². The maximum absolute atomic E-state index is 5.51. The minimum absolute atomic E-state index is 0.246. The van der Waals surface area contributed by atoms with E-state index >= 15 is 0 Å². The van der Waals surface area contributed by atoms with E-state index in [1.807, 2.05) is 12.1 Å². The number of nitrogens with one attached hydrogen (secondary N) is 1. The van der Waals surface area contributed by atoms with Gasteiger partial charge in [0.2, 0.25) is 0 Å². The molecular weight excluding hydrogens is 270 g/mol. The molecule has 0 spiro atoms. The number of rotatable bonds is 4. The van der Waals surface area contributed by atoms with Crippen molar-refractivity contribution in [3.63, 3.8) is 0 Å². The highest BCUT2D eigenvalue weighted by Crippen LogP contribution is 2.38. The zero-order chi connectivity index (χ0) is 14.3. The van der Waals surface area contributed by atoms with Gasteiger partial charge < -0.3 is 19.2 Å². The molecule has 0 bridgehead atoms. The van der Waals surface area contributed by atoms with Gasteiger partial charge in [0.05, 0.1) is 18.1 Å². The average molecular weight is 291 g/mol. The van der Waals surface area contributed by atoms with Gasteiger partial charge in [0.1, 0.15) is 5.75 Å². The van der Waals surface area contributed by atoms with Crippen LogP contribution in [-0.2, 0) is 6.54 Å². The van der Waals surface area contributed by atoms with Crippen LogP contribution >= 0.6 is 12.2 Å². The van der Waals surface area contributed by atoms with Gasteiger partial charge in [0.15, 0.2) is 4.77 Å². The molecule has 1 N–H and O–H groups in total. The molecular formula is C15H21N3OS. The molecule has 108 valence electrons. The van der Waals surface area contributed by atoms with Crippen LogP contribution in [0.2, 0.25) is 0 Å². The number of fused-ring (bicyclic) bond motifs is 1. The number of hydrogen-bond acceptors (Lipinski definition) is 3. The number of H-pyrrole nitrogens is 1. The molecule has 4 nitrogen and oxygen atoms in total. The summed E-state index contributed by atoms with van der Waals surface area (Å²) in [4.78, 5) is 5.64. The van der Waals surface area contributed by atoms with E-state index in [1.54, 1.807) is 7.11 Å². The summed E-state index contributed by atoms with van der Waals surface area (Å²) in [6.07, 6.45) is 3.77. The maximum Gasteiger partial charge on any atom is 0.178 e. The fraction of sp³-hybridized carbons (Fsp3) is 0.533. The maximum atomic E-state index is 5.51. The standard InChI is InChI=1S/C15H21N3OS/c1-17(2)15(7-4-8-15)10-18-13-9-11(19-3)5-6-12(13)16-14(18)20/h5-6,9H,4,7-8,10H2,1-3H3,(H,16,20). The summed E-state index contributed by atoms with van der Waals surface area (Å²) in [6, 6.07) is 6.05. The van der Waals surface area contributed by atoms with E-state index in [-0.39, 0.29) is 5.54 Å². The molecule has 0 aliphatic heterocycles. The third kappa shape index (κ3) is 2.05. The molecule has 1 aliphatic rings. The number of likely N-dealkylation sites (N-methyl/N-ethyl adjacent to an activating group) is 1. The van der Waals surface area contributed by atoms with Crippen molar-refractivity contribution in [3.05, 3.63) is 23.0 Å². The number of nitrogens with zero attached hydrogens (tertiary/aromatic N) is 2. The Morgan fingerprint density at radius 1 is 1.40 bits per heavy atom. The van der Waals surface area contributed by atoms with Crippen molar-refractivity contribution in [2.24, 2.45) is 0 Å². The fourth-order valence-corrected chi connectivity index (χ4v) is 3.32. The lowest BCUT2D eigenvalue weighted by Gasteiger charge is -2.47. The first kappa shape index (κ1) is 13.6. The second-order valence-electron chi connectivity index (χ2n) is 5.87. The summed E-state index contributed by atoms with van der Waals surface area (Å²) >= 11 is 5.51. The molecule has 0 saturated heterocycles. The monoisotopic (exact) mass is 291 g/mol. The number of aromatic amines is 1. The second kappa shape index (κ2) is 4.90. The zero-order valence-corrected chi connectivity index (χ0v) is 13.1. The summed E-state index contributed by atoms with van der Waals surface area (Å²) in [5.41, 5.74) is 2.45. The first-order chi connectivity index (χ1) is 9.55. The Morgan fingerprint density at radius 3 is 2.70 bits per heavy atom. The Hall–Kier alpha value is -1.33. The van der Waals surface area contributed by atoms with Crippen LogP contribution in [-0.4, -0.2) is 41.2 Å². The molecule has 1 aliphatic carbocycles. The van der Waals surface area contributed by atoms with Gasteiger partial charge in [-0.1, -0.05) is 0 Å². The zero-order valence-electron chi connectivity index (χ0n) is 12.3. The molecule has 1 saturated carbocycles. The summed E-state index contributed by atoms with van der Waals surface area (Å²) in [7, 11) is 6.02. The van der Waals surface area contributed by atoms with Crippen molar-refractivity contribution in [1.82, 2.24) is 14.5 Å². The van der Waals surface area contributed by atoms with Crippen LogP contribution in [0.1, 0.15) is 19.3 Å². The molecule has 3 rings (SSSR count). The lowest BCUT2D eigenvalue weighted by Crippen LogP contribution is -2.53. The van der Waals surface area contributed by atoms with Gasteiger partial charge in [-0.15, -0.1) is 0 Å². The van der Waals surface area contributed by atoms with Crippen LogP contribution < -0.4 is 4.74 Å². The highest BCUT2D eigenvalue weighted by atomic mass is 32.1. The SMILES string of the molecule is COc1ccc2[nH]c(=S)n(CC3(N(C)C)CCC3)c2c1.